The molecule has 4 N–H and O–H groups in total. The quantitative estimate of drug-likeness (QED) is 0.341. The zero-order chi connectivity index (χ0) is 23.5. The van der Waals surface area contributed by atoms with Gasteiger partial charge in [0.1, 0.15) is 11.8 Å². The Balaban J connectivity index is 1.75. The summed E-state index contributed by atoms with van der Waals surface area (Å²) in [6.45, 7) is 1.07. The van der Waals surface area contributed by atoms with E-state index in [0.29, 0.717) is 13.0 Å². The SMILES string of the molecule is CNCCCC(NC(=O)C(c1ccccc1)c1ccccc1)C(=O)NCc1ccc(O)cc1. The lowest BCUT2D eigenvalue weighted by atomic mass is 9.90. The first-order valence-corrected chi connectivity index (χ1v) is 11.2. The zero-order valence-electron chi connectivity index (χ0n) is 18.8. The van der Waals surface area contributed by atoms with E-state index in [0.717, 1.165) is 29.7 Å². The highest BCUT2D eigenvalue weighted by atomic mass is 16.3. The van der Waals surface area contributed by atoms with Crippen LogP contribution in [0.15, 0.2) is 84.9 Å². The fourth-order valence-corrected chi connectivity index (χ4v) is 3.72. The minimum atomic E-state index is -0.655. The monoisotopic (exact) mass is 445 g/mol. The van der Waals surface area contributed by atoms with E-state index < -0.39 is 12.0 Å². The molecule has 0 radical (unpaired) electrons. The Morgan fingerprint density at radius 1 is 0.818 bits per heavy atom. The van der Waals surface area contributed by atoms with Gasteiger partial charge in [0.05, 0.1) is 5.92 Å². The Morgan fingerprint density at radius 2 is 1.39 bits per heavy atom. The van der Waals surface area contributed by atoms with E-state index in [1.807, 2.05) is 67.7 Å². The highest BCUT2D eigenvalue weighted by Gasteiger charge is 2.27. The lowest BCUT2D eigenvalue weighted by Crippen LogP contribution is -2.48. The number of phenolic OH excluding ortho intramolecular Hbond substituents is 1. The molecule has 0 aliphatic carbocycles. The number of carbonyl (C=O) groups excluding carboxylic acids is 2. The Morgan fingerprint density at radius 3 is 1.94 bits per heavy atom. The average Bonchev–Trinajstić information content (AvgIpc) is 2.84. The standard InChI is InChI=1S/C27H31N3O3/c1-28-18-8-13-24(26(32)29-19-20-14-16-23(31)17-15-20)30-27(33)25(21-9-4-2-5-10-21)22-11-6-3-7-12-22/h2-7,9-12,14-17,24-25,28,31H,8,13,18-19H2,1H3,(H,29,32)(H,30,33). The average molecular weight is 446 g/mol. The fraction of sp³-hybridized carbons (Fsp3) is 0.259. The number of benzene rings is 3. The van der Waals surface area contributed by atoms with E-state index in [1.165, 1.54) is 0 Å². The third kappa shape index (κ3) is 7.19. The fourth-order valence-electron chi connectivity index (χ4n) is 3.72. The third-order valence-corrected chi connectivity index (χ3v) is 5.48. The molecular weight excluding hydrogens is 414 g/mol. The predicted molar refractivity (Wildman–Crippen MR) is 130 cm³/mol. The molecule has 33 heavy (non-hydrogen) atoms. The van der Waals surface area contributed by atoms with E-state index in [1.54, 1.807) is 24.3 Å². The van der Waals surface area contributed by atoms with Gasteiger partial charge >= 0.3 is 0 Å². The maximum atomic E-state index is 13.5. The van der Waals surface area contributed by atoms with Crippen LogP contribution in [-0.2, 0) is 16.1 Å². The van der Waals surface area contributed by atoms with E-state index in [-0.39, 0.29) is 17.6 Å². The smallest absolute Gasteiger partial charge is 0.242 e. The number of hydrogen-bond donors (Lipinski definition) is 4. The maximum absolute atomic E-state index is 13.5. The number of amides is 2. The van der Waals surface area contributed by atoms with Gasteiger partial charge in [0.15, 0.2) is 0 Å². The second-order valence-electron chi connectivity index (χ2n) is 7.95. The van der Waals surface area contributed by atoms with Gasteiger partial charge in [-0.25, -0.2) is 0 Å². The third-order valence-electron chi connectivity index (χ3n) is 5.48. The summed E-state index contributed by atoms with van der Waals surface area (Å²) in [6, 6.07) is 25.2. The maximum Gasteiger partial charge on any atom is 0.242 e. The summed E-state index contributed by atoms with van der Waals surface area (Å²) in [5.41, 5.74) is 2.62. The Hall–Kier alpha value is -3.64. The van der Waals surface area contributed by atoms with Crippen LogP contribution < -0.4 is 16.0 Å². The minimum Gasteiger partial charge on any atom is -0.508 e. The van der Waals surface area contributed by atoms with Crippen LogP contribution in [-0.4, -0.2) is 36.6 Å². The molecular formula is C27H31N3O3. The summed E-state index contributed by atoms with van der Waals surface area (Å²) in [6.07, 6.45) is 1.26. The van der Waals surface area contributed by atoms with Crippen molar-refractivity contribution in [3.8, 4) is 5.75 Å². The molecule has 1 atom stereocenters. The summed E-state index contributed by atoms with van der Waals surface area (Å²) >= 11 is 0. The number of hydrogen-bond acceptors (Lipinski definition) is 4. The van der Waals surface area contributed by atoms with Crippen molar-refractivity contribution in [1.29, 1.82) is 0 Å². The molecule has 6 heteroatoms. The van der Waals surface area contributed by atoms with Gasteiger partial charge in [-0.05, 0) is 55.3 Å². The second-order valence-corrected chi connectivity index (χ2v) is 7.95. The van der Waals surface area contributed by atoms with Gasteiger partial charge in [0.25, 0.3) is 0 Å². The van der Waals surface area contributed by atoms with Crippen molar-refractivity contribution in [3.63, 3.8) is 0 Å². The van der Waals surface area contributed by atoms with Gasteiger partial charge in [-0.2, -0.15) is 0 Å². The van der Waals surface area contributed by atoms with Crippen molar-refractivity contribution in [2.45, 2.75) is 31.3 Å². The lowest BCUT2D eigenvalue weighted by Gasteiger charge is -2.23. The molecule has 0 heterocycles. The van der Waals surface area contributed by atoms with E-state index in [2.05, 4.69) is 16.0 Å². The minimum absolute atomic E-state index is 0.176. The molecule has 6 nitrogen and oxygen atoms in total. The van der Waals surface area contributed by atoms with Crippen molar-refractivity contribution in [3.05, 3.63) is 102 Å². The number of nitrogens with one attached hydrogen (secondary N) is 3. The van der Waals surface area contributed by atoms with Crippen molar-refractivity contribution in [2.75, 3.05) is 13.6 Å². The summed E-state index contributed by atoms with van der Waals surface area (Å²) in [7, 11) is 1.86. The molecule has 172 valence electrons. The van der Waals surface area contributed by atoms with Crippen molar-refractivity contribution >= 4 is 11.8 Å². The molecule has 0 saturated carbocycles. The first-order chi connectivity index (χ1) is 16.1. The first kappa shape index (κ1) is 24.0. The molecule has 3 rings (SSSR count). The van der Waals surface area contributed by atoms with Gasteiger partial charge in [0.2, 0.25) is 11.8 Å². The number of phenols is 1. The van der Waals surface area contributed by atoms with Crippen molar-refractivity contribution < 1.29 is 14.7 Å². The van der Waals surface area contributed by atoms with E-state index >= 15 is 0 Å². The highest BCUT2D eigenvalue weighted by molar-refractivity contribution is 5.92. The Labute approximate surface area is 195 Å². The van der Waals surface area contributed by atoms with Crippen LogP contribution in [0.4, 0.5) is 0 Å². The zero-order valence-corrected chi connectivity index (χ0v) is 18.8. The molecule has 0 aromatic heterocycles. The molecule has 3 aromatic rings. The second kappa shape index (κ2) is 12.4. The molecule has 3 aromatic carbocycles. The summed E-state index contributed by atoms with van der Waals surface area (Å²) in [4.78, 5) is 26.5. The van der Waals surface area contributed by atoms with Crippen LogP contribution >= 0.6 is 0 Å². The molecule has 0 aliphatic heterocycles. The predicted octanol–water partition coefficient (Wildman–Crippen LogP) is 3.32. The number of aromatic hydroxyl groups is 1. The Kier molecular flexibility index (Phi) is 9.03. The first-order valence-electron chi connectivity index (χ1n) is 11.2. The molecule has 0 fully saturated rings. The van der Waals surface area contributed by atoms with Crippen LogP contribution in [0.2, 0.25) is 0 Å². The largest absolute Gasteiger partial charge is 0.508 e. The summed E-state index contributed by atoms with van der Waals surface area (Å²) in [5.74, 6) is -0.770. The van der Waals surface area contributed by atoms with Crippen LogP contribution in [0, 0.1) is 0 Å². The van der Waals surface area contributed by atoms with Crippen LogP contribution in [0.1, 0.15) is 35.4 Å². The van der Waals surface area contributed by atoms with Crippen molar-refractivity contribution in [1.82, 2.24) is 16.0 Å². The van der Waals surface area contributed by atoms with Crippen LogP contribution in [0.5, 0.6) is 5.75 Å². The van der Waals surface area contributed by atoms with Gasteiger partial charge in [-0.3, -0.25) is 9.59 Å². The van der Waals surface area contributed by atoms with Crippen LogP contribution in [0.25, 0.3) is 0 Å². The highest BCUT2D eigenvalue weighted by Crippen LogP contribution is 2.25. The normalized spacial score (nSPS) is 11.7. The van der Waals surface area contributed by atoms with Gasteiger partial charge in [-0.15, -0.1) is 0 Å². The van der Waals surface area contributed by atoms with Gasteiger partial charge in [-0.1, -0.05) is 72.8 Å². The molecule has 0 spiro atoms. The molecule has 0 aliphatic rings. The van der Waals surface area contributed by atoms with Gasteiger partial charge in [0, 0.05) is 6.54 Å². The van der Waals surface area contributed by atoms with Crippen LogP contribution in [0.3, 0.4) is 0 Å². The molecule has 1 unspecified atom stereocenters. The van der Waals surface area contributed by atoms with Gasteiger partial charge < -0.3 is 21.1 Å². The number of rotatable bonds is 11. The number of carbonyl (C=O) groups is 2. The topological polar surface area (TPSA) is 90.5 Å². The summed E-state index contributed by atoms with van der Waals surface area (Å²) < 4.78 is 0. The van der Waals surface area contributed by atoms with E-state index in [9.17, 15) is 14.7 Å². The Bertz CT molecular complexity index is 968. The molecule has 2 amide bonds. The molecule has 0 bridgehead atoms. The van der Waals surface area contributed by atoms with E-state index in [4.69, 9.17) is 0 Å². The summed E-state index contributed by atoms with van der Waals surface area (Å²) in [5, 5.41) is 18.4. The lowest BCUT2D eigenvalue weighted by molar-refractivity contribution is -0.129. The van der Waals surface area contributed by atoms with Crippen molar-refractivity contribution in [2.24, 2.45) is 0 Å². The molecule has 0 saturated heterocycles.